The number of para-hydroxylation sites is 1. The van der Waals surface area contributed by atoms with E-state index in [0.717, 1.165) is 25.9 Å². The zero-order chi connectivity index (χ0) is 16.9. The second-order valence-corrected chi connectivity index (χ2v) is 5.64. The third-order valence-corrected chi connectivity index (χ3v) is 4.07. The van der Waals surface area contributed by atoms with Crippen LogP contribution in [0.3, 0.4) is 0 Å². The predicted octanol–water partition coefficient (Wildman–Crippen LogP) is 0.814. The fourth-order valence-electron chi connectivity index (χ4n) is 2.74. The smallest absolute Gasteiger partial charge is 0.277 e. The maximum atomic E-state index is 12.4. The number of rotatable bonds is 4. The molecule has 1 aliphatic heterocycles. The van der Waals surface area contributed by atoms with Crippen molar-refractivity contribution in [2.75, 3.05) is 25.5 Å². The molecule has 2 aromatic rings. The highest BCUT2D eigenvalue weighted by molar-refractivity contribution is 6.08. The van der Waals surface area contributed by atoms with Crippen molar-refractivity contribution in [3.05, 3.63) is 41.7 Å². The second kappa shape index (κ2) is 7.22. The van der Waals surface area contributed by atoms with Gasteiger partial charge in [-0.25, -0.2) is 4.68 Å². The van der Waals surface area contributed by atoms with Crippen LogP contribution in [0.15, 0.2) is 30.5 Å². The Balaban J connectivity index is 1.74. The van der Waals surface area contributed by atoms with Gasteiger partial charge >= 0.3 is 0 Å². The number of benzene rings is 1. The van der Waals surface area contributed by atoms with E-state index in [4.69, 9.17) is 0 Å². The SMILES string of the molecule is CNC(=O)c1ccccc1NC(=O)c1cn(C2CCNCC2)nn1. The lowest BCUT2D eigenvalue weighted by atomic mass is 10.1. The molecule has 0 atom stereocenters. The van der Waals surface area contributed by atoms with E-state index in [1.807, 2.05) is 0 Å². The largest absolute Gasteiger partial charge is 0.355 e. The number of piperidine rings is 1. The van der Waals surface area contributed by atoms with E-state index in [1.165, 1.54) is 0 Å². The molecule has 2 amide bonds. The van der Waals surface area contributed by atoms with Crippen molar-refractivity contribution in [1.82, 2.24) is 25.6 Å². The first kappa shape index (κ1) is 16.1. The van der Waals surface area contributed by atoms with Gasteiger partial charge in [0.1, 0.15) is 0 Å². The first-order chi connectivity index (χ1) is 11.7. The zero-order valence-electron chi connectivity index (χ0n) is 13.5. The number of carbonyl (C=O) groups excluding carboxylic acids is 2. The highest BCUT2D eigenvalue weighted by Gasteiger charge is 2.19. The number of hydrogen-bond acceptors (Lipinski definition) is 5. The van der Waals surface area contributed by atoms with Crippen molar-refractivity contribution >= 4 is 17.5 Å². The number of hydrogen-bond donors (Lipinski definition) is 3. The van der Waals surface area contributed by atoms with Crippen LogP contribution < -0.4 is 16.0 Å². The van der Waals surface area contributed by atoms with Crippen LogP contribution in [0.2, 0.25) is 0 Å². The van der Waals surface area contributed by atoms with Gasteiger partial charge < -0.3 is 16.0 Å². The van der Waals surface area contributed by atoms with Crippen LogP contribution in [-0.4, -0.2) is 46.9 Å². The maximum Gasteiger partial charge on any atom is 0.277 e. The minimum atomic E-state index is -0.383. The molecule has 3 rings (SSSR count). The van der Waals surface area contributed by atoms with E-state index in [2.05, 4.69) is 26.3 Å². The third-order valence-electron chi connectivity index (χ3n) is 4.07. The Bertz CT molecular complexity index is 736. The van der Waals surface area contributed by atoms with Crippen LogP contribution in [0.25, 0.3) is 0 Å². The topological polar surface area (TPSA) is 101 Å². The summed E-state index contributed by atoms with van der Waals surface area (Å²) in [7, 11) is 1.55. The Labute approximate surface area is 139 Å². The van der Waals surface area contributed by atoms with E-state index < -0.39 is 0 Å². The molecule has 0 saturated carbocycles. The molecule has 0 unspecified atom stereocenters. The van der Waals surface area contributed by atoms with Crippen molar-refractivity contribution in [3.63, 3.8) is 0 Å². The molecule has 3 N–H and O–H groups in total. The highest BCUT2D eigenvalue weighted by atomic mass is 16.2. The molecule has 0 aliphatic carbocycles. The maximum absolute atomic E-state index is 12.4. The number of anilines is 1. The lowest BCUT2D eigenvalue weighted by molar-refractivity contribution is 0.0964. The van der Waals surface area contributed by atoms with Gasteiger partial charge in [0.25, 0.3) is 11.8 Å². The van der Waals surface area contributed by atoms with Crippen LogP contribution >= 0.6 is 0 Å². The zero-order valence-corrected chi connectivity index (χ0v) is 13.5. The van der Waals surface area contributed by atoms with Gasteiger partial charge in [-0.2, -0.15) is 0 Å². The first-order valence-corrected chi connectivity index (χ1v) is 7.94. The summed E-state index contributed by atoms with van der Waals surface area (Å²) in [6.45, 7) is 1.87. The average molecular weight is 328 g/mol. The Morgan fingerprint density at radius 3 is 2.71 bits per heavy atom. The summed E-state index contributed by atoms with van der Waals surface area (Å²) in [4.78, 5) is 24.3. The summed E-state index contributed by atoms with van der Waals surface area (Å²) in [5.41, 5.74) is 1.08. The molecule has 1 aromatic carbocycles. The van der Waals surface area contributed by atoms with Crippen LogP contribution in [0.1, 0.15) is 39.7 Å². The fourth-order valence-corrected chi connectivity index (χ4v) is 2.74. The quantitative estimate of drug-likeness (QED) is 0.771. The fraction of sp³-hybridized carbons (Fsp3) is 0.375. The summed E-state index contributed by atoms with van der Waals surface area (Å²) in [6, 6.07) is 7.10. The van der Waals surface area contributed by atoms with Gasteiger partial charge in [-0.05, 0) is 38.1 Å². The molecule has 1 aromatic heterocycles. The van der Waals surface area contributed by atoms with Crippen LogP contribution in [0, 0.1) is 0 Å². The number of nitrogens with one attached hydrogen (secondary N) is 3. The molecule has 0 spiro atoms. The molecule has 2 heterocycles. The van der Waals surface area contributed by atoms with Gasteiger partial charge in [0.15, 0.2) is 5.69 Å². The molecule has 0 bridgehead atoms. The summed E-state index contributed by atoms with van der Waals surface area (Å²) in [5.74, 6) is -0.643. The molecular formula is C16H20N6O2. The van der Waals surface area contributed by atoms with E-state index in [-0.39, 0.29) is 23.6 Å². The van der Waals surface area contributed by atoms with Gasteiger partial charge in [-0.1, -0.05) is 17.3 Å². The van der Waals surface area contributed by atoms with Gasteiger partial charge in [-0.3, -0.25) is 9.59 Å². The van der Waals surface area contributed by atoms with E-state index in [1.54, 1.807) is 42.2 Å². The van der Waals surface area contributed by atoms with Crippen LogP contribution in [-0.2, 0) is 0 Å². The van der Waals surface area contributed by atoms with Crippen molar-refractivity contribution in [2.45, 2.75) is 18.9 Å². The minimum Gasteiger partial charge on any atom is -0.355 e. The number of amides is 2. The molecule has 8 nitrogen and oxygen atoms in total. The first-order valence-electron chi connectivity index (χ1n) is 7.94. The number of nitrogens with zero attached hydrogens (tertiary/aromatic N) is 3. The molecule has 8 heteroatoms. The van der Waals surface area contributed by atoms with Crippen LogP contribution in [0.5, 0.6) is 0 Å². The lowest BCUT2D eigenvalue weighted by Crippen LogP contribution is -2.29. The Morgan fingerprint density at radius 2 is 1.96 bits per heavy atom. The van der Waals surface area contributed by atoms with Crippen molar-refractivity contribution in [3.8, 4) is 0 Å². The van der Waals surface area contributed by atoms with E-state index >= 15 is 0 Å². The normalized spacial score (nSPS) is 15.0. The summed E-state index contributed by atoms with van der Waals surface area (Å²) >= 11 is 0. The highest BCUT2D eigenvalue weighted by Crippen LogP contribution is 2.18. The summed E-state index contributed by atoms with van der Waals surface area (Å²) < 4.78 is 1.75. The van der Waals surface area contributed by atoms with Gasteiger partial charge in [-0.15, -0.1) is 5.10 Å². The Kier molecular flexibility index (Phi) is 4.85. The Hall–Kier alpha value is -2.74. The number of carbonyl (C=O) groups is 2. The lowest BCUT2D eigenvalue weighted by Gasteiger charge is -2.22. The van der Waals surface area contributed by atoms with E-state index in [9.17, 15) is 9.59 Å². The standard InChI is InChI=1S/C16H20N6O2/c1-17-15(23)12-4-2-3-5-13(12)19-16(24)14-10-22(21-20-14)11-6-8-18-9-7-11/h2-5,10-11,18H,6-9H2,1H3,(H,17,23)(H,19,24). The molecule has 0 radical (unpaired) electrons. The van der Waals surface area contributed by atoms with Crippen molar-refractivity contribution < 1.29 is 9.59 Å². The second-order valence-electron chi connectivity index (χ2n) is 5.64. The minimum absolute atomic E-state index is 0.236. The molecular weight excluding hydrogens is 308 g/mol. The summed E-state index contributed by atoms with van der Waals surface area (Å²) in [5, 5.41) is 16.6. The van der Waals surface area contributed by atoms with Gasteiger partial charge in [0.05, 0.1) is 23.5 Å². The monoisotopic (exact) mass is 328 g/mol. The van der Waals surface area contributed by atoms with E-state index in [0.29, 0.717) is 11.3 Å². The van der Waals surface area contributed by atoms with Crippen molar-refractivity contribution in [1.29, 1.82) is 0 Å². The predicted molar refractivity (Wildman–Crippen MR) is 88.9 cm³/mol. The van der Waals surface area contributed by atoms with Crippen LogP contribution in [0.4, 0.5) is 5.69 Å². The number of aromatic nitrogens is 3. The van der Waals surface area contributed by atoms with Crippen molar-refractivity contribution in [2.24, 2.45) is 0 Å². The molecule has 1 aliphatic rings. The summed E-state index contributed by atoms with van der Waals surface area (Å²) in [6.07, 6.45) is 3.58. The molecule has 1 fully saturated rings. The van der Waals surface area contributed by atoms with Gasteiger partial charge in [0.2, 0.25) is 0 Å². The van der Waals surface area contributed by atoms with Gasteiger partial charge in [0, 0.05) is 7.05 Å². The third kappa shape index (κ3) is 3.43. The molecule has 1 saturated heterocycles. The molecule has 126 valence electrons. The molecule has 24 heavy (non-hydrogen) atoms. The average Bonchev–Trinajstić information content (AvgIpc) is 3.12. The Morgan fingerprint density at radius 1 is 1.21 bits per heavy atom.